The van der Waals surface area contributed by atoms with E-state index in [2.05, 4.69) is 26.7 Å². The second-order valence-corrected chi connectivity index (χ2v) is 10.6. The number of rotatable bonds is 5. The summed E-state index contributed by atoms with van der Waals surface area (Å²) in [6.07, 6.45) is 7.42. The number of aromatic hydroxyl groups is 1. The Bertz CT molecular complexity index is 1570. The van der Waals surface area contributed by atoms with Crippen molar-refractivity contribution in [2.24, 2.45) is 10.2 Å². The molecule has 1 saturated heterocycles. The monoisotopic (exact) mass is 545 g/mol. The second kappa shape index (κ2) is 11.8. The molecule has 3 heterocycles. The van der Waals surface area contributed by atoms with Gasteiger partial charge in [0.25, 0.3) is 5.56 Å². The van der Waals surface area contributed by atoms with E-state index in [1.807, 2.05) is 12.1 Å². The molecule has 0 unspecified atom stereocenters. The summed E-state index contributed by atoms with van der Waals surface area (Å²) in [4.78, 5) is 24.3. The molecule has 0 spiro atoms. The number of nitrogens with zero attached hydrogens (tertiary/aromatic N) is 3. The van der Waals surface area contributed by atoms with Gasteiger partial charge in [0.1, 0.15) is 10.6 Å². The third kappa shape index (κ3) is 5.86. The van der Waals surface area contributed by atoms with Gasteiger partial charge in [0, 0.05) is 5.56 Å². The number of azo groups is 1. The number of phenols is 1. The summed E-state index contributed by atoms with van der Waals surface area (Å²) >= 11 is 1.08. The Morgan fingerprint density at radius 2 is 1.79 bits per heavy atom. The number of hydrogen-bond acceptors (Lipinski definition) is 7. The Morgan fingerprint density at radius 1 is 1.00 bits per heavy atom. The Kier molecular flexibility index (Phi) is 8.04. The Labute approximate surface area is 229 Å². The lowest BCUT2D eigenvalue weighted by Crippen LogP contribution is -2.21. The lowest BCUT2D eigenvalue weighted by molar-refractivity contribution is 0.0702. The number of nitrogens with one attached hydrogen (secondary N) is 2. The van der Waals surface area contributed by atoms with Gasteiger partial charge in [0.05, 0.1) is 11.4 Å². The number of phenolic OH excluding ortho intramolecular Hbond substituents is 1. The molecule has 1 aliphatic carbocycles. The smallest absolute Gasteiger partial charge is 0.345 e. The molecule has 1 aliphatic heterocycles. The van der Waals surface area contributed by atoms with E-state index in [0.717, 1.165) is 36.3 Å². The predicted molar refractivity (Wildman–Crippen MR) is 152 cm³/mol. The number of benzene rings is 2. The van der Waals surface area contributed by atoms with Crippen LogP contribution in [0.1, 0.15) is 52.2 Å². The molecule has 1 fully saturated rings. The fourth-order valence-electron chi connectivity index (χ4n) is 4.87. The van der Waals surface area contributed by atoms with Crippen molar-refractivity contribution in [2.45, 2.75) is 45.4 Å². The lowest BCUT2D eigenvalue weighted by atomic mass is 10.1. The molecule has 2 aromatic carbocycles. The van der Waals surface area contributed by atoms with Crippen LogP contribution in [-0.2, 0) is 12.8 Å². The maximum Gasteiger partial charge on any atom is 0.345 e. The van der Waals surface area contributed by atoms with Crippen LogP contribution in [0.15, 0.2) is 62.9 Å². The van der Waals surface area contributed by atoms with E-state index in [4.69, 9.17) is 5.11 Å². The molecule has 6 rings (SSSR count). The van der Waals surface area contributed by atoms with Crippen LogP contribution >= 0.6 is 11.3 Å². The van der Waals surface area contributed by atoms with Gasteiger partial charge in [-0.05, 0) is 98.5 Å². The van der Waals surface area contributed by atoms with Crippen molar-refractivity contribution in [3.63, 3.8) is 0 Å². The first kappa shape index (κ1) is 26.6. The summed E-state index contributed by atoms with van der Waals surface area (Å²) in [5.74, 6) is -1.16. The number of hydrogen-bond donors (Lipinski definition) is 4. The number of aromatic carboxylic acids is 1. The van der Waals surface area contributed by atoms with Gasteiger partial charge in [-0.25, -0.2) is 9.48 Å². The average Bonchev–Trinajstić information content (AvgIpc) is 3.69. The number of fused-ring (bicyclic) bond motifs is 1. The summed E-state index contributed by atoms with van der Waals surface area (Å²) in [5.41, 5.74) is 4.92. The number of thiophene rings is 1. The van der Waals surface area contributed by atoms with Gasteiger partial charge in [-0.15, -0.1) is 21.6 Å². The van der Waals surface area contributed by atoms with Crippen LogP contribution in [0.3, 0.4) is 0 Å². The first-order chi connectivity index (χ1) is 18.9. The summed E-state index contributed by atoms with van der Waals surface area (Å²) in [6, 6.07) is 12.4. The molecule has 9 nitrogen and oxygen atoms in total. The van der Waals surface area contributed by atoms with Gasteiger partial charge in [-0.1, -0.05) is 24.6 Å². The van der Waals surface area contributed by atoms with Crippen molar-refractivity contribution in [2.75, 3.05) is 13.1 Å². The van der Waals surface area contributed by atoms with E-state index in [9.17, 15) is 14.7 Å². The normalized spacial score (nSPS) is 14.7. The average molecular weight is 546 g/mol. The maximum atomic E-state index is 13.0. The number of aromatic nitrogens is 2. The number of aryl methyl sites for hydroxylation is 3. The highest BCUT2D eigenvalue weighted by atomic mass is 32.1. The number of carboxylic acids is 1. The summed E-state index contributed by atoms with van der Waals surface area (Å²) < 4.78 is 1.46. The third-order valence-corrected chi connectivity index (χ3v) is 7.90. The molecular weight excluding hydrogens is 514 g/mol. The van der Waals surface area contributed by atoms with Crippen molar-refractivity contribution >= 4 is 28.7 Å². The molecule has 2 aromatic heterocycles. The highest BCUT2D eigenvalue weighted by molar-refractivity contribution is 7.12. The molecule has 0 bridgehead atoms. The molecule has 10 heteroatoms. The van der Waals surface area contributed by atoms with Crippen molar-refractivity contribution in [1.82, 2.24) is 15.1 Å². The zero-order chi connectivity index (χ0) is 27.4. The fraction of sp³-hybridized carbons (Fsp3) is 0.310. The molecule has 2 aliphatic rings. The Hall–Kier alpha value is -4.02. The third-order valence-electron chi connectivity index (χ3n) is 6.98. The number of H-pyrrole nitrogens is 1. The molecule has 0 amide bonds. The van der Waals surface area contributed by atoms with Crippen LogP contribution in [0, 0.1) is 6.92 Å². The Morgan fingerprint density at radius 3 is 2.49 bits per heavy atom. The van der Waals surface area contributed by atoms with Crippen molar-refractivity contribution in [3.8, 4) is 22.6 Å². The quantitative estimate of drug-likeness (QED) is 0.219. The molecule has 0 saturated carbocycles. The maximum absolute atomic E-state index is 13.0. The lowest BCUT2D eigenvalue weighted by Gasteiger charge is -2.08. The second-order valence-electron chi connectivity index (χ2n) is 9.72. The molecule has 39 heavy (non-hydrogen) atoms. The van der Waals surface area contributed by atoms with Crippen LogP contribution in [-0.4, -0.2) is 39.1 Å². The van der Waals surface area contributed by atoms with Gasteiger partial charge in [-0.3, -0.25) is 9.89 Å². The molecule has 4 aromatic rings. The topological polar surface area (TPSA) is 132 Å². The van der Waals surface area contributed by atoms with E-state index in [1.165, 1.54) is 54.2 Å². The Balaban J connectivity index is 0.000000455. The number of carboxylic acid groups (broad SMARTS) is 1. The van der Waals surface area contributed by atoms with Crippen molar-refractivity contribution < 1.29 is 15.0 Å². The van der Waals surface area contributed by atoms with Crippen LogP contribution < -0.4 is 10.9 Å². The van der Waals surface area contributed by atoms with Gasteiger partial charge < -0.3 is 15.5 Å². The van der Waals surface area contributed by atoms with Gasteiger partial charge in [0.2, 0.25) is 0 Å². The van der Waals surface area contributed by atoms with Crippen LogP contribution in [0.5, 0.6) is 5.75 Å². The van der Waals surface area contributed by atoms with Gasteiger partial charge >= 0.3 is 5.97 Å². The molecular formula is C29H31N5O4S. The first-order valence-electron chi connectivity index (χ1n) is 13.1. The van der Waals surface area contributed by atoms with E-state index < -0.39 is 5.97 Å². The number of para-hydroxylation sites is 1. The molecule has 0 radical (unpaired) electrons. The minimum absolute atomic E-state index is 0.136. The standard InChI is InChI=1S/C24H20N4O4S.C5H11N/c1-13-21(23(30)28(27-13)17-9-8-14-4-2-5-15(14)10-17)26-25-19-7-3-6-18(22(19)29)16-11-20(24(31)32)33-12-16;1-2-4-6-5-3-1/h3,6-12,27,29H,2,4-5H2,1H3,(H,31,32);6H,1-5H2. The summed E-state index contributed by atoms with van der Waals surface area (Å²) in [6.45, 7) is 4.24. The van der Waals surface area contributed by atoms with Crippen LogP contribution in [0.4, 0.5) is 11.4 Å². The SMILES string of the molecule is C1CCNCC1.Cc1[nH]n(-c2ccc3c(c2)CCC3)c(=O)c1N=Nc1cccc(-c2csc(C(=O)O)c2)c1O. The molecule has 0 atom stereocenters. The minimum atomic E-state index is -1.02. The van der Waals surface area contributed by atoms with E-state index in [-0.39, 0.29) is 27.6 Å². The zero-order valence-corrected chi connectivity index (χ0v) is 22.6. The van der Waals surface area contributed by atoms with Crippen molar-refractivity contribution in [3.05, 3.63) is 79.9 Å². The van der Waals surface area contributed by atoms with Gasteiger partial charge in [-0.2, -0.15) is 0 Å². The molecule has 4 N–H and O–H groups in total. The number of carbonyl (C=O) groups is 1. The van der Waals surface area contributed by atoms with Gasteiger partial charge in [0.15, 0.2) is 11.4 Å². The highest BCUT2D eigenvalue weighted by Crippen LogP contribution is 2.39. The molecule has 202 valence electrons. The summed E-state index contributed by atoms with van der Waals surface area (Å²) in [7, 11) is 0. The van der Waals surface area contributed by atoms with E-state index in [1.54, 1.807) is 30.5 Å². The zero-order valence-electron chi connectivity index (χ0n) is 21.7. The number of piperidine rings is 1. The van der Waals surface area contributed by atoms with Crippen LogP contribution in [0.2, 0.25) is 0 Å². The van der Waals surface area contributed by atoms with Crippen LogP contribution in [0.25, 0.3) is 16.8 Å². The largest absolute Gasteiger partial charge is 0.505 e. The van der Waals surface area contributed by atoms with E-state index in [0.29, 0.717) is 16.8 Å². The highest BCUT2D eigenvalue weighted by Gasteiger charge is 2.17. The predicted octanol–water partition coefficient (Wildman–Crippen LogP) is 6.27. The fourth-order valence-corrected chi connectivity index (χ4v) is 5.62. The first-order valence-corrected chi connectivity index (χ1v) is 14.0. The minimum Gasteiger partial charge on any atom is -0.505 e. The van der Waals surface area contributed by atoms with Crippen molar-refractivity contribution in [1.29, 1.82) is 0 Å². The summed E-state index contributed by atoms with van der Waals surface area (Å²) in [5, 5.41) is 36.1. The van der Waals surface area contributed by atoms with E-state index >= 15 is 0 Å². The number of aromatic amines is 1.